The van der Waals surface area contributed by atoms with Gasteiger partial charge in [0.1, 0.15) is 0 Å². The number of rotatable bonds is 8. The molecule has 0 saturated carbocycles. The van der Waals surface area contributed by atoms with Crippen molar-refractivity contribution in [2.24, 2.45) is 0 Å². The molecule has 1 heterocycles. The lowest BCUT2D eigenvalue weighted by Crippen LogP contribution is -2.29. The van der Waals surface area contributed by atoms with E-state index in [2.05, 4.69) is 4.98 Å². The maximum Gasteiger partial charge on any atom is 0.262 e. The number of aromatic nitrogens is 2. The molecule has 1 aromatic heterocycles. The van der Waals surface area contributed by atoms with E-state index in [1.807, 2.05) is 50.2 Å². The number of amides is 1. The van der Waals surface area contributed by atoms with E-state index in [9.17, 15) is 9.59 Å². The molecule has 0 fully saturated rings. The van der Waals surface area contributed by atoms with Crippen molar-refractivity contribution in [3.8, 4) is 0 Å². The van der Waals surface area contributed by atoms with E-state index in [4.69, 9.17) is 11.6 Å². The van der Waals surface area contributed by atoms with Gasteiger partial charge < -0.3 is 9.80 Å². The van der Waals surface area contributed by atoms with Crippen LogP contribution in [-0.2, 0) is 17.9 Å². The number of benzene rings is 2. The molecule has 0 unspecified atom stereocenters. The van der Waals surface area contributed by atoms with Gasteiger partial charge in [0.15, 0.2) is 5.16 Å². The molecule has 0 aliphatic rings. The summed E-state index contributed by atoms with van der Waals surface area (Å²) in [5.41, 5.74) is 2.62. The van der Waals surface area contributed by atoms with E-state index in [0.717, 1.165) is 17.7 Å². The van der Waals surface area contributed by atoms with Gasteiger partial charge in [0, 0.05) is 44.9 Å². The maximum absolute atomic E-state index is 12.9. The summed E-state index contributed by atoms with van der Waals surface area (Å²) in [6.45, 7) is 3.08. The van der Waals surface area contributed by atoms with Gasteiger partial charge in [-0.15, -0.1) is 0 Å². The molecule has 0 aliphatic heterocycles. The van der Waals surface area contributed by atoms with Crippen molar-refractivity contribution in [1.82, 2.24) is 14.5 Å². The van der Waals surface area contributed by atoms with E-state index >= 15 is 0 Å². The van der Waals surface area contributed by atoms with E-state index in [-0.39, 0.29) is 17.2 Å². The lowest BCUT2D eigenvalue weighted by Gasteiger charge is -2.19. The summed E-state index contributed by atoms with van der Waals surface area (Å²) < 4.78 is 1.65. The van der Waals surface area contributed by atoms with Crippen LogP contribution in [0.4, 0.5) is 5.69 Å². The molecule has 164 valence electrons. The fourth-order valence-corrected chi connectivity index (χ4v) is 4.34. The molecule has 31 heavy (non-hydrogen) atoms. The number of halogens is 1. The highest BCUT2D eigenvalue weighted by Crippen LogP contribution is 2.21. The van der Waals surface area contributed by atoms with Crippen LogP contribution >= 0.6 is 23.4 Å². The van der Waals surface area contributed by atoms with Crippen molar-refractivity contribution >= 4 is 45.9 Å². The third-order valence-electron chi connectivity index (χ3n) is 4.95. The second-order valence-corrected chi connectivity index (χ2v) is 8.99. The third-order valence-corrected chi connectivity index (χ3v) is 6.15. The van der Waals surface area contributed by atoms with Crippen molar-refractivity contribution in [3.63, 3.8) is 0 Å². The van der Waals surface area contributed by atoms with Crippen LogP contribution in [0.2, 0.25) is 5.02 Å². The summed E-state index contributed by atoms with van der Waals surface area (Å²) in [4.78, 5) is 34.0. The number of hydrogen-bond acceptors (Lipinski definition) is 5. The summed E-state index contributed by atoms with van der Waals surface area (Å²) in [6.07, 6.45) is 0.797. The standard InChI is InChI=1S/C23H27ClN4O2S/c1-5-12-28-22(30)19-11-8-17(24)13-20(19)25-23(28)31-15-21(29)27(4)14-16-6-9-18(10-7-16)26(2)3/h6-11,13H,5,12,14-15H2,1-4H3. The Kier molecular flexibility index (Phi) is 7.62. The highest BCUT2D eigenvalue weighted by Gasteiger charge is 2.15. The summed E-state index contributed by atoms with van der Waals surface area (Å²) in [7, 11) is 5.78. The highest BCUT2D eigenvalue weighted by molar-refractivity contribution is 7.99. The lowest BCUT2D eigenvalue weighted by molar-refractivity contribution is -0.127. The van der Waals surface area contributed by atoms with E-state index in [1.54, 1.807) is 34.7 Å². The molecule has 2 aromatic carbocycles. The Morgan fingerprint density at radius 3 is 2.48 bits per heavy atom. The molecule has 3 aromatic rings. The molecule has 0 N–H and O–H groups in total. The average molecular weight is 459 g/mol. The number of nitrogens with zero attached hydrogens (tertiary/aromatic N) is 4. The Morgan fingerprint density at radius 2 is 1.84 bits per heavy atom. The van der Waals surface area contributed by atoms with Crippen LogP contribution in [0.5, 0.6) is 0 Å². The summed E-state index contributed by atoms with van der Waals surface area (Å²) in [5, 5.41) is 1.60. The molecule has 6 nitrogen and oxygen atoms in total. The van der Waals surface area contributed by atoms with E-state index in [1.165, 1.54) is 11.8 Å². The molecule has 0 aliphatic carbocycles. The minimum atomic E-state index is -0.104. The number of fused-ring (bicyclic) bond motifs is 1. The summed E-state index contributed by atoms with van der Waals surface area (Å²) in [5.74, 6) is 0.180. The smallest absolute Gasteiger partial charge is 0.262 e. The van der Waals surface area contributed by atoms with Crippen LogP contribution in [0.15, 0.2) is 52.4 Å². The Balaban J connectivity index is 1.73. The predicted molar refractivity (Wildman–Crippen MR) is 129 cm³/mol. The number of anilines is 1. The Bertz CT molecular complexity index is 1130. The largest absolute Gasteiger partial charge is 0.378 e. The van der Waals surface area contributed by atoms with Crippen molar-refractivity contribution < 1.29 is 4.79 Å². The molecule has 8 heteroatoms. The minimum absolute atomic E-state index is 0.0230. The van der Waals surface area contributed by atoms with E-state index < -0.39 is 0 Å². The number of thioether (sulfide) groups is 1. The van der Waals surface area contributed by atoms with Gasteiger partial charge >= 0.3 is 0 Å². The van der Waals surface area contributed by atoms with Crippen molar-refractivity contribution in [1.29, 1.82) is 0 Å². The lowest BCUT2D eigenvalue weighted by atomic mass is 10.2. The zero-order valence-corrected chi connectivity index (χ0v) is 19.8. The molecule has 1 amide bonds. The van der Waals surface area contributed by atoms with Crippen molar-refractivity contribution in [2.45, 2.75) is 31.6 Å². The van der Waals surface area contributed by atoms with Gasteiger partial charge in [0.25, 0.3) is 5.56 Å². The van der Waals surface area contributed by atoms with Crippen LogP contribution in [0.1, 0.15) is 18.9 Å². The maximum atomic E-state index is 12.9. The SMILES string of the molecule is CCCn1c(SCC(=O)N(C)Cc2ccc(N(C)C)cc2)nc2cc(Cl)ccc2c1=O. The summed E-state index contributed by atoms with van der Waals surface area (Å²) >= 11 is 7.36. The van der Waals surface area contributed by atoms with Gasteiger partial charge in [0.05, 0.1) is 16.7 Å². The first-order chi connectivity index (χ1) is 14.8. The third kappa shape index (κ3) is 5.60. The average Bonchev–Trinajstić information content (AvgIpc) is 2.74. The summed E-state index contributed by atoms with van der Waals surface area (Å²) in [6, 6.07) is 13.2. The second kappa shape index (κ2) is 10.2. The monoisotopic (exact) mass is 458 g/mol. The predicted octanol–water partition coefficient (Wildman–Crippen LogP) is 4.28. The number of hydrogen-bond donors (Lipinski definition) is 0. The highest BCUT2D eigenvalue weighted by atomic mass is 35.5. The first kappa shape index (κ1) is 23.2. The fraction of sp³-hybridized carbons (Fsp3) is 0.348. The molecule has 0 atom stereocenters. The Hall–Kier alpha value is -2.51. The van der Waals surface area contributed by atoms with Crippen molar-refractivity contribution in [2.75, 3.05) is 31.8 Å². The normalized spacial score (nSPS) is 11.0. The molecule has 0 radical (unpaired) electrons. The van der Waals surface area contributed by atoms with Gasteiger partial charge in [-0.3, -0.25) is 14.2 Å². The van der Waals surface area contributed by atoms with Gasteiger partial charge in [0.2, 0.25) is 5.91 Å². The quantitative estimate of drug-likeness (QED) is 0.372. The molecule has 0 spiro atoms. The van der Waals surface area contributed by atoms with E-state index in [0.29, 0.717) is 34.2 Å². The zero-order chi connectivity index (χ0) is 22.5. The molecule has 0 bridgehead atoms. The number of carbonyl (C=O) groups excluding carboxylic acids is 1. The van der Waals surface area contributed by atoms with Gasteiger partial charge in [-0.1, -0.05) is 42.4 Å². The van der Waals surface area contributed by atoms with Crippen LogP contribution in [0.3, 0.4) is 0 Å². The van der Waals surface area contributed by atoms with Gasteiger partial charge in [-0.2, -0.15) is 0 Å². The van der Waals surface area contributed by atoms with Crippen molar-refractivity contribution in [3.05, 3.63) is 63.4 Å². The van der Waals surface area contributed by atoms with Crippen LogP contribution in [0.25, 0.3) is 10.9 Å². The first-order valence-corrected chi connectivity index (χ1v) is 11.5. The molecule has 0 saturated heterocycles. The number of carbonyl (C=O) groups is 1. The Morgan fingerprint density at radius 1 is 1.13 bits per heavy atom. The van der Waals surface area contributed by atoms with Crippen LogP contribution in [-0.4, -0.2) is 47.3 Å². The molecule has 3 rings (SSSR count). The fourth-order valence-electron chi connectivity index (χ4n) is 3.20. The second-order valence-electron chi connectivity index (χ2n) is 7.61. The zero-order valence-electron chi connectivity index (χ0n) is 18.3. The topological polar surface area (TPSA) is 58.4 Å². The Labute approximate surface area is 191 Å². The van der Waals surface area contributed by atoms with Gasteiger partial charge in [-0.25, -0.2) is 4.98 Å². The minimum Gasteiger partial charge on any atom is -0.378 e. The van der Waals surface area contributed by atoms with Crippen LogP contribution in [0, 0.1) is 0 Å². The molecular formula is C23H27ClN4O2S. The molecular weight excluding hydrogens is 432 g/mol. The first-order valence-electron chi connectivity index (χ1n) is 10.1. The van der Waals surface area contributed by atoms with Gasteiger partial charge in [-0.05, 0) is 42.3 Å². The van der Waals surface area contributed by atoms with Crippen LogP contribution < -0.4 is 10.5 Å².